The van der Waals surface area contributed by atoms with Crippen LogP contribution in [0.15, 0.2) is 12.2 Å². The summed E-state index contributed by atoms with van der Waals surface area (Å²) >= 11 is 0. The van der Waals surface area contributed by atoms with Gasteiger partial charge in [-0.15, -0.1) is 0 Å². The Labute approximate surface area is 180 Å². The smallest absolute Gasteiger partial charge is 0.253 e. The van der Waals surface area contributed by atoms with E-state index in [9.17, 15) is 19.2 Å². The fourth-order valence-corrected chi connectivity index (χ4v) is 3.12. The van der Waals surface area contributed by atoms with Crippen LogP contribution in [0.2, 0.25) is 0 Å². The molecule has 0 fully saturated rings. The van der Waals surface area contributed by atoms with Gasteiger partial charge in [-0.05, 0) is 12.8 Å². The summed E-state index contributed by atoms with van der Waals surface area (Å²) in [6, 6.07) is 0. The van der Waals surface area contributed by atoms with Gasteiger partial charge in [0.25, 0.3) is 11.8 Å². The summed E-state index contributed by atoms with van der Waals surface area (Å²) in [6.45, 7) is 4.08. The Kier molecular flexibility index (Phi) is 14.7. The minimum atomic E-state index is -0.361. The molecule has 0 bridgehead atoms. The fraction of sp³-hybridized carbons (Fsp3) is 0.739. The van der Waals surface area contributed by atoms with Crippen molar-refractivity contribution in [2.75, 3.05) is 33.0 Å². The Morgan fingerprint density at radius 2 is 1.27 bits per heavy atom. The quantitative estimate of drug-likeness (QED) is 0.220. The topological polar surface area (TPSA) is 90.0 Å². The van der Waals surface area contributed by atoms with E-state index in [2.05, 4.69) is 6.92 Å². The molecule has 0 radical (unpaired) electrons. The number of Topliss-reactive ketones (excluding diaryl/α,β-unsaturated/α-hetero) is 2. The SMILES string of the molecule is CCCCCCCCC(=O)CCOCCOCCCC(=O)CCN1C(=O)C=CC1=O. The summed E-state index contributed by atoms with van der Waals surface area (Å²) in [6.07, 6.45) is 11.8. The monoisotopic (exact) mass is 423 g/mol. The number of ketones is 2. The highest BCUT2D eigenvalue weighted by atomic mass is 16.5. The van der Waals surface area contributed by atoms with E-state index >= 15 is 0 Å². The Morgan fingerprint density at radius 1 is 0.700 bits per heavy atom. The zero-order chi connectivity index (χ0) is 22.0. The second kappa shape index (κ2) is 16.9. The van der Waals surface area contributed by atoms with Gasteiger partial charge in [0.2, 0.25) is 0 Å². The molecule has 1 rings (SSSR count). The number of hydrogen-bond donors (Lipinski definition) is 0. The van der Waals surface area contributed by atoms with Gasteiger partial charge in [-0.25, -0.2) is 0 Å². The van der Waals surface area contributed by atoms with Crippen molar-refractivity contribution in [2.45, 2.75) is 77.6 Å². The first-order valence-corrected chi connectivity index (χ1v) is 11.3. The number of carbonyl (C=O) groups is 4. The first kappa shape index (κ1) is 26.2. The number of carbonyl (C=O) groups excluding carboxylic acids is 4. The highest BCUT2D eigenvalue weighted by Gasteiger charge is 2.23. The molecular weight excluding hydrogens is 386 g/mol. The molecule has 0 saturated heterocycles. The number of rotatable bonds is 20. The molecule has 7 heteroatoms. The van der Waals surface area contributed by atoms with Gasteiger partial charge in [-0.3, -0.25) is 24.1 Å². The molecule has 0 saturated carbocycles. The minimum absolute atomic E-state index is 0.00576. The van der Waals surface area contributed by atoms with Crippen LogP contribution >= 0.6 is 0 Å². The maximum atomic E-state index is 11.8. The lowest BCUT2D eigenvalue weighted by molar-refractivity contribution is -0.137. The van der Waals surface area contributed by atoms with Gasteiger partial charge in [0.1, 0.15) is 11.6 Å². The summed E-state index contributed by atoms with van der Waals surface area (Å²) < 4.78 is 10.8. The summed E-state index contributed by atoms with van der Waals surface area (Å²) in [5, 5.41) is 0. The maximum absolute atomic E-state index is 11.8. The van der Waals surface area contributed by atoms with E-state index < -0.39 is 0 Å². The molecule has 1 heterocycles. The van der Waals surface area contributed by atoms with Crippen molar-refractivity contribution in [1.82, 2.24) is 4.90 Å². The first-order valence-electron chi connectivity index (χ1n) is 11.3. The molecule has 0 aromatic rings. The minimum Gasteiger partial charge on any atom is -0.379 e. The van der Waals surface area contributed by atoms with Gasteiger partial charge in [-0.2, -0.15) is 0 Å². The molecule has 0 aromatic carbocycles. The van der Waals surface area contributed by atoms with Crippen molar-refractivity contribution in [3.05, 3.63) is 12.2 Å². The van der Waals surface area contributed by atoms with E-state index in [4.69, 9.17) is 9.47 Å². The number of unbranched alkanes of at least 4 members (excludes halogenated alkanes) is 5. The largest absolute Gasteiger partial charge is 0.379 e. The average Bonchev–Trinajstić information content (AvgIpc) is 3.05. The van der Waals surface area contributed by atoms with Crippen LogP contribution in [0.25, 0.3) is 0 Å². The van der Waals surface area contributed by atoms with Gasteiger partial charge in [0.05, 0.1) is 19.8 Å². The molecular formula is C23H37NO6. The number of imide groups is 1. The molecule has 0 aliphatic carbocycles. The third-order valence-electron chi connectivity index (χ3n) is 4.97. The van der Waals surface area contributed by atoms with Gasteiger partial charge in [0, 0.05) is 51.0 Å². The molecule has 2 amide bonds. The Bertz CT molecular complexity index is 554. The third-order valence-corrected chi connectivity index (χ3v) is 4.97. The zero-order valence-electron chi connectivity index (χ0n) is 18.4. The van der Waals surface area contributed by atoms with Crippen molar-refractivity contribution >= 4 is 23.4 Å². The lowest BCUT2D eigenvalue weighted by Crippen LogP contribution is -2.32. The lowest BCUT2D eigenvalue weighted by atomic mass is 10.1. The first-order chi connectivity index (χ1) is 14.5. The van der Waals surface area contributed by atoms with Crippen molar-refractivity contribution in [3.63, 3.8) is 0 Å². The highest BCUT2D eigenvalue weighted by Crippen LogP contribution is 2.08. The second-order valence-electron chi connectivity index (χ2n) is 7.58. The molecule has 0 aromatic heterocycles. The molecule has 30 heavy (non-hydrogen) atoms. The number of amides is 2. The predicted octanol–water partition coefficient (Wildman–Crippen LogP) is 3.39. The third kappa shape index (κ3) is 12.6. The van der Waals surface area contributed by atoms with Crippen LogP contribution in [-0.4, -0.2) is 61.3 Å². The maximum Gasteiger partial charge on any atom is 0.253 e. The zero-order valence-corrected chi connectivity index (χ0v) is 18.4. The fourth-order valence-electron chi connectivity index (χ4n) is 3.12. The van der Waals surface area contributed by atoms with E-state index in [0.29, 0.717) is 52.1 Å². The lowest BCUT2D eigenvalue weighted by Gasteiger charge is -2.12. The summed E-state index contributed by atoms with van der Waals surface area (Å²) in [4.78, 5) is 47.4. The Balaban J connectivity index is 1.85. The van der Waals surface area contributed by atoms with Gasteiger partial charge >= 0.3 is 0 Å². The molecule has 0 unspecified atom stereocenters. The van der Waals surface area contributed by atoms with E-state index in [1.165, 1.54) is 37.8 Å². The summed E-state index contributed by atoms with van der Waals surface area (Å²) in [5.41, 5.74) is 0. The van der Waals surface area contributed by atoms with Crippen LogP contribution in [-0.2, 0) is 28.7 Å². The number of hydrogen-bond acceptors (Lipinski definition) is 6. The number of ether oxygens (including phenoxy) is 2. The highest BCUT2D eigenvalue weighted by molar-refractivity contribution is 6.13. The van der Waals surface area contributed by atoms with Crippen molar-refractivity contribution in [1.29, 1.82) is 0 Å². The van der Waals surface area contributed by atoms with Gasteiger partial charge < -0.3 is 9.47 Å². The Morgan fingerprint density at radius 3 is 1.97 bits per heavy atom. The van der Waals surface area contributed by atoms with Crippen LogP contribution in [0.4, 0.5) is 0 Å². The molecule has 170 valence electrons. The standard InChI is InChI=1S/C23H37NO6/c1-2-3-4-5-6-7-9-21(26)14-17-30-19-18-29-16-8-10-20(25)13-15-24-22(27)11-12-23(24)28/h11-12H,2-10,13-19H2,1H3. The second-order valence-corrected chi connectivity index (χ2v) is 7.58. The van der Waals surface area contributed by atoms with E-state index in [1.54, 1.807) is 0 Å². The molecule has 1 aliphatic heterocycles. The molecule has 1 aliphatic rings. The van der Waals surface area contributed by atoms with Gasteiger partial charge in [0.15, 0.2) is 0 Å². The predicted molar refractivity (Wildman–Crippen MR) is 114 cm³/mol. The van der Waals surface area contributed by atoms with Crippen LogP contribution in [0.1, 0.15) is 77.6 Å². The number of nitrogens with zero attached hydrogens (tertiary/aromatic N) is 1. The normalized spacial score (nSPS) is 13.4. The Hall–Kier alpha value is -1.86. The molecule has 0 atom stereocenters. The van der Waals surface area contributed by atoms with Crippen LogP contribution < -0.4 is 0 Å². The van der Waals surface area contributed by atoms with Crippen LogP contribution in [0, 0.1) is 0 Å². The average molecular weight is 424 g/mol. The summed E-state index contributed by atoms with van der Waals surface area (Å²) in [7, 11) is 0. The van der Waals surface area contributed by atoms with Crippen LogP contribution in [0.5, 0.6) is 0 Å². The van der Waals surface area contributed by atoms with E-state index in [-0.39, 0.29) is 36.3 Å². The molecule has 0 spiro atoms. The van der Waals surface area contributed by atoms with Gasteiger partial charge in [-0.1, -0.05) is 39.0 Å². The van der Waals surface area contributed by atoms with E-state index in [1.807, 2.05) is 0 Å². The molecule has 0 N–H and O–H groups in total. The van der Waals surface area contributed by atoms with Crippen molar-refractivity contribution in [3.8, 4) is 0 Å². The van der Waals surface area contributed by atoms with Crippen molar-refractivity contribution in [2.24, 2.45) is 0 Å². The van der Waals surface area contributed by atoms with E-state index in [0.717, 1.165) is 17.7 Å². The molecule has 7 nitrogen and oxygen atoms in total. The summed E-state index contributed by atoms with van der Waals surface area (Å²) in [5.74, 6) is -0.454. The van der Waals surface area contributed by atoms with Crippen molar-refractivity contribution < 1.29 is 28.7 Å². The van der Waals surface area contributed by atoms with Crippen LogP contribution in [0.3, 0.4) is 0 Å².